The zero-order chi connectivity index (χ0) is 21.0. The summed E-state index contributed by atoms with van der Waals surface area (Å²) in [6.45, 7) is 8.41. The number of rotatable bonds is 7. The Morgan fingerprint density at radius 1 is 1.14 bits per heavy atom. The van der Waals surface area contributed by atoms with E-state index >= 15 is 0 Å². The Bertz CT molecular complexity index is 995. The standard InChI is InChI=1S/C23H27N3O3/c1-15(2)19-10-9-17(4)12-20(19)28-14-22(27)26(5)13-21-24-23(25-29-21)18-8-6-7-16(3)11-18/h6-12,15H,13-14H2,1-5H3. The van der Waals surface area contributed by atoms with E-state index in [1.165, 1.54) is 4.90 Å². The van der Waals surface area contributed by atoms with E-state index in [-0.39, 0.29) is 19.1 Å². The molecule has 29 heavy (non-hydrogen) atoms. The lowest BCUT2D eigenvalue weighted by atomic mass is 10.0. The molecule has 0 aliphatic rings. The van der Waals surface area contributed by atoms with Crippen LogP contribution in [-0.4, -0.2) is 34.6 Å². The first-order valence-electron chi connectivity index (χ1n) is 9.70. The van der Waals surface area contributed by atoms with E-state index < -0.39 is 0 Å². The smallest absolute Gasteiger partial charge is 0.260 e. The summed E-state index contributed by atoms with van der Waals surface area (Å²) >= 11 is 0. The van der Waals surface area contributed by atoms with Gasteiger partial charge in [0, 0.05) is 12.6 Å². The average molecular weight is 393 g/mol. The number of hydrogen-bond donors (Lipinski definition) is 0. The van der Waals surface area contributed by atoms with Crippen molar-refractivity contribution in [3.8, 4) is 17.1 Å². The molecule has 3 aromatic rings. The predicted octanol–water partition coefficient (Wildman–Crippen LogP) is 4.51. The lowest BCUT2D eigenvalue weighted by molar-refractivity contribution is -0.132. The van der Waals surface area contributed by atoms with Crippen LogP contribution in [0, 0.1) is 13.8 Å². The molecule has 0 saturated heterocycles. The van der Waals surface area contributed by atoms with Gasteiger partial charge in [-0.15, -0.1) is 0 Å². The molecule has 0 unspecified atom stereocenters. The highest BCUT2D eigenvalue weighted by molar-refractivity contribution is 5.77. The van der Waals surface area contributed by atoms with E-state index in [9.17, 15) is 4.79 Å². The zero-order valence-electron chi connectivity index (χ0n) is 17.6. The lowest BCUT2D eigenvalue weighted by Gasteiger charge is -2.18. The Balaban J connectivity index is 1.61. The molecule has 3 rings (SSSR count). The summed E-state index contributed by atoms with van der Waals surface area (Å²) in [5.41, 5.74) is 4.19. The minimum Gasteiger partial charge on any atom is -0.483 e. The van der Waals surface area contributed by atoms with E-state index in [4.69, 9.17) is 9.26 Å². The van der Waals surface area contributed by atoms with Crippen LogP contribution in [0.15, 0.2) is 47.0 Å². The molecule has 152 valence electrons. The van der Waals surface area contributed by atoms with Crippen LogP contribution in [0.3, 0.4) is 0 Å². The fourth-order valence-corrected chi connectivity index (χ4v) is 3.00. The van der Waals surface area contributed by atoms with Crippen molar-refractivity contribution < 1.29 is 14.1 Å². The molecule has 2 aromatic carbocycles. The molecule has 1 heterocycles. The highest BCUT2D eigenvalue weighted by Crippen LogP contribution is 2.27. The van der Waals surface area contributed by atoms with E-state index in [0.29, 0.717) is 17.6 Å². The van der Waals surface area contributed by atoms with Gasteiger partial charge >= 0.3 is 0 Å². The third-order valence-corrected chi connectivity index (χ3v) is 4.68. The summed E-state index contributed by atoms with van der Waals surface area (Å²) in [7, 11) is 1.70. The molecular weight excluding hydrogens is 366 g/mol. The molecular formula is C23H27N3O3. The second kappa shape index (κ2) is 8.90. The molecule has 0 aliphatic heterocycles. The van der Waals surface area contributed by atoms with E-state index in [1.54, 1.807) is 7.05 Å². The fraction of sp³-hybridized carbons (Fsp3) is 0.348. The van der Waals surface area contributed by atoms with Gasteiger partial charge in [0.1, 0.15) is 5.75 Å². The van der Waals surface area contributed by atoms with Gasteiger partial charge in [-0.3, -0.25) is 4.79 Å². The van der Waals surface area contributed by atoms with Crippen LogP contribution in [0.1, 0.15) is 42.3 Å². The molecule has 6 nitrogen and oxygen atoms in total. The third-order valence-electron chi connectivity index (χ3n) is 4.68. The topological polar surface area (TPSA) is 68.5 Å². The quantitative estimate of drug-likeness (QED) is 0.591. The van der Waals surface area contributed by atoms with Crippen molar-refractivity contribution in [1.82, 2.24) is 15.0 Å². The Labute approximate surface area is 171 Å². The molecule has 6 heteroatoms. The Morgan fingerprint density at radius 3 is 2.62 bits per heavy atom. The Kier molecular flexibility index (Phi) is 6.32. The van der Waals surface area contributed by atoms with Crippen LogP contribution >= 0.6 is 0 Å². The number of carbonyl (C=O) groups is 1. The largest absolute Gasteiger partial charge is 0.483 e. The number of aryl methyl sites for hydroxylation is 2. The van der Waals surface area contributed by atoms with Crippen molar-refractivity contribution in [3.05, 3.63) is 65.0 Å². The number of carbonyl (C=O) groups excluding carboxylic acids is 1. The van der Waals surface area contributed by atoms with Gasteiger partial charge < -0.3 is 14.2 Å². The fourth-order valence-electron chi connectivity index (χ4n) is 3.00. The number of likely N-dealkylation sites (N-methyl/N-ethyl adjacent to an activating group) is 1. The Hall–Kier alpha value is -3.15. The minimum absolute atomic E-state index is 0.0431. The van der Waals surface area contributed by atoms with Gasteiger partial charge in [-0.25, -0.2) is 0 Å². The first kappa shape index (κ1) is 20.6. The molecule has 1 aromatic heterocycles. The summed E-state index contributed by atoms with van der Waals surface area (Å²) in [4.78, 5) is 18.4. The zero-order valence-corrected chi connectivity index (χ0v) is 17.6. The van der Waals surface area contributed by atoms with Crippen molar-refractivity contribution in [2.75, 3.05) is 13.7 Å². The molecule has 0 fully saturated rings. The first-order valence-corrected chi connectivity index (χ1v) is 9.70. The number of benzene rings is 2. The summed E-state index contributed by atoms with van der Waals surface area (Å²) < 4.78 is 11.1. The second-order valence-electron chi connectivity index (χ2n) is 7.62. The van der Waals surface area contributed by atoms with Gasteiger partial charge in [-0.1, -0.05) is 54.9 Å². The van der Waals surface area contributed by atoms with Crippen LogP contribution in [0.25, 0.3) is 11.4 Å². The van der Waals surface area contributed by atoms with Gasteiger partial charge in [-0.2, -0.15) is 4.98 Å². The number of hydrogen-bond acceptors (Lipinski definition) is 5. The summed E-state index contributed by atoms with van der Waals surface area (Å²) in [5, 5.41) is 4.02. The monoisotopic (exact) mass is 393 g/mol. The molecule has 0 N–H and O–H groups in total. The second-order valence-corrected chi connectivity index (χ2v) is 7.62. The van der Waals surface area contributed by atoms with Gasteiger partial charge in [0.25, 0.3) is 5.91 Å². The summed E-state index contributed by atoms with van der Waals surface area (Å²) in [6.07, 6.45) is 0. The SMILES string of the molecule is Cc1cccc(-c2noc(CN(C)C(=O)COc3cc(C)ccc3C(C)C)n2)c1. The predicted molar refractivity (Wildman–Crippen MR) is 112 cm³/mol. The van der Waals surface area contributed by atoms with Gasteiger partial charge in [0.05, 0.1) is 6.54 Å². The Morgan fingerprint density at radius 2 is 1.90 bits per heavy atom. The number of aromatic nitrogens is 2. The minimum atomic E-state index is -0.156. The lowest BCUT2D eigenvalue weighted by Crippen LogP contribution is -2.31. The van der Waals surface area contributed by atoms with Crippen molar-refractivity contribution in [2.45, 2.75) is 40.2 Å². The molecule has 0 atom stereocenters. The maximum absolute atomic E-state index is 12.5. The molecule has 0 bridgehead atoms. The third kappa shape index (κ3) is 5.22. The van der Waals surface area contributed by atoms with E-state index in [0.717, 1.165) is 28.0 Å². The van der Waals surface area contributed by atoms with Crippen LogP contribution in [0.2, 0.25) is 0 Å². The van der Waals surface area contributed by atoms with Crippen LogP contribution < -0.4 is 4.74 Å². The highest BCUT2D eigenvalue weighted by atomic mass is 16.5. The molecule has 0 radical (unpaired) electrons. The summed E-state index contributed by atoms with van der Waals surface area (Å²) in [5.74, 6) is 1.81. The molecule has 1 amide bonds. The van der Waals surface area contributed by atoms with Crippen molar-refractivity contribution in [2.24, 2.45) is 0 Å². The highest BCUT2D eigenvalue weighted by Gasteiger charge is 2.16. The van der Waals surface area contributed by atoms with Crippen LogP contribution in [0.4, 0.5) is 0 Å². The van der Waals surface area contributed by atoms with Crippen molar-refractivity contribution in [3.63, 3.8) is 0 Å². The molecule has 0 saturated carbocycles. The van der Waals surface area contributed by atoms with Gasteiger partial charge in [0.15, 0.2) is 6.61 Å². The number of amides is 1. The maximum Gasteiger partial charge on any atom is 0.260 e. The molecule has 0 spiro atoms. The normalized spacial score (nSPS) is 11.0. The summed E-state index contributed by atoms with van der Waals surface area (Å²) in [6, 6.07) is 13.9. The maximum atomic E-state index is 12.5. The van der Waals surface area contributed by atoms with Crippen molar-refractivity contribution in [1.29, 1.82) is 0 Å². The van der Waals surface area contributed by atoms with E-state index in [1.807, 2.05) is 44.2 Å². The van der Waals surface area contributed by atoms with Gasteiger partial charge in [-0.05, 0) is 43.0 Å². The van der Waals surface area contributed by atoms with Crippen LogP contribution in [0.5, 0.6) is 5.75 Å². The first-order chi connectivity index (χ1) is 13.8. The molecule has 0 aliphatic carbocycles. The average Bonchev–Trinajstić information content (AvgIpc) is 3.14. The van der Waals surface area contributed by atoms with Crippen molar-refractivity contribution >= 4 is 5.91 Å². The number of nitrogens with zero attached hydrogens (tertiary/aromatic N) is 3. The van der Waals surface area contributed by atoms with Gasteiger partial charge in [0.2, 0.25) is 11.7 Å². The van der Waals surface area contributed by atoms with Crippen LogP contribution in [-0.2, 0) is 11.3 Å². The van der Waals surface area contributed by atoms with E-state index in [2.05, 4.69) is 36.1 Å². The number of ether oxygens (including phenoxy) is 1.